The molecule has 1 aromatic rings. The normalized spacial score (nSPS) is 13.8. The van der Waals surface area contributed by atoms with E-state index in [1.807, 2.05) is 17.8 Å². The summed E-state index contributed by atoms with van der Waals surface area (Å²) in [4.78, 5) is 4.13. The summed E-state index contributed by atoms with van der Waals surface area (Å²) in [6.07, 6.45) is 4.13. The number of aryl methyl sites for hydroxylation is 1. The first-order valence-corrected chi connectivity index (χ1v) is 7.11. The minimum Gasteiger partial charge on any atom is -0.338 e. The van der Waals surface area contributed by atoms with Crippen molar-refractivity contribution in [2.75, 3.05) is 20.1 Å². The fourth-order valence-electron chi connectivity index (χ4n) is 1.48. The van der Waals surface area contributed by atoms with Crippen LogP contribution in [0, 0.1) is 0 Å². The second-order valence-corrected chi connectivity index (χ2v) is 6.20. The van der Waals surface area contributed by atoms with Crippen molar-refractivity contribution >= 4 is 10.0 Å². The Bertz CT molecular complexity index is 441. The van der Waals surface area contributed by atoms with Crippen LogP contribution in [0.4, 0.5) is 0 Å². The van der Waals surface area contributed by atoms with Gasteiger partial charge < -0.3 is 9.88 Å². The first-order chi connectivity index (χ1) is 7.97. The van der Waals surface area contributed by atoms with Gasteiger partial charge in [-0.15, -0.1) is 0 Å². The lowest BCUT2D eigenvalue weighted by molar-refractivity contribution is 0.562. The van der Waals surface area contributed by atoms with Gasteiger partial charge in [-0.25, -0.2) is 18.1 Å². The van der Waals surface area contributed by atoms with Gasteiger partial charge >= 0.3 is 0 Å². The van der Waals surface area contributed by atoms with E-state index in [0.717, 1.165) is 5.82 Å². The third kappa shape index (κ3) is 4.10. The van der Waals surface area contributed by atoms with Gasteiger partial charge in [0.15, 0.2) is 0 Å². The third-order valence-corrected chi connectivity index (χ3v) is 4.43. The van der Waals surface area contributed by atoms with E-state index in [9.17, 15) is 8.42 Å². The molecule has 98 valence electrons. The van der Waals surface area contributed by atoms with E-state index in [0.29, 0.717) is 19.5 Å². The van der Waals surface area contributed by atoms with Crippen molar-refractivity contribution < 1.29 is 8.42 Å². The fraction of sp³-hybridized carbons (Fsp3) is 0.700. The highest BCUT2D eigenvalue weighted by Crippen LogP contribution is 1.98. The van der Waals surface area contributed by atoms with E-state index in [1.54, 1.807) is 20.2 Å². The lowest BCUT2D eigenvalue weighted by Crippen LogP contribution is -2.39. The molecule has 1 atom stereocenters. The van der Waals surface area contributed by atoms with Crippen molar-refractivity contribution in [3.05, 3.63) is 18.2 Å². The molecule has 0 aliphatic carbocycles. The van der Waals surface area contributed by atoms with Gasteiger partial charge in [0, 0.05) is 39.0 Å². The van der Waals surface area contributed by atoms with Gasteiger partial charge in [-0.2, -0.15) is 0 Å². The van der Waals surface area contributed by atoms with Crippen LogP contribution in [0.1, 0.15) is 12.7 Å². The van der Waals surface area contributed by atoms with Gasteiger partial charge in [-0.3, -0.25) is 0 Å². The molecule has 0 amide bonds. The summed E-state index contributed by atoms with van der Waals surface area (Å²) in [5.41, 5.74) is 0. The maximum atomic E-state index is 11.8. The van der Waals surface area contributed by atoms with Gasteiger partial charge in [-0.05, 0) is 14.0 Å². The molecule has 17 heavy (non-hydrogen) atoms. The standard InChI is InChI=1S/C10H20N4O2S/c1-9(8-11-2)17(15,16)13-5-4-10-12-6-7-14(10)3/h6-7,9,11,13H,4-5,8H2,1-3H3. The number of imidazole rings is 1. The van der Waals surface area contributed by atoms with Crippen LogP contribution < -0.4 is 10.0 Å². The molecule has 0 fully saturated rings. The third-order valence-electron chi connectivity index (χ3n) is 2.59. The lowest BCUT2D eigenvalue weighted by Gasteiger charge is -2.13. The van der Waals surface area contributed by atoms with Gasteiger partial charge in [0.25, 0.3) is 0 Å². The summed E-state index contributed by atoms with van der Waals surface area (Å²) in [6, 6.07) is 0. The molecule has 0 spiro atoms. The number of aromatic nitrogens is 2. The first kappa shape index (κ1) is 14.1. The van der Waals surface area contributed by atoms with E-state index < -0.39 is 15.3 Å². The minimum atomic E-state index is -3.24. The van der Waals surface area contributed by atoms with Crippen LogP contribution in [-0.2, 0) is 23.5 Å². The van der Waals surface area contributed by atoms with Crippen molar-refractivity contribution in [1.82, 2.24) is 19.6 Å². The number of nitrogens with zero attached hydrogens (tertiary/aromatic N) is 2. The highest BCUT2D eigenvalue weighted by Gasteiger charge is 2.19. The van der Waals surface area contributed by atoms with Crippen LogP contribution >= 0.6 is 0 Å². The summed E-state index contributed by atoms with van der Waals surface area (Å²) in [5, 5.41) is 2.41. The zero-order valence-electron chi connectivity index (χ0n) is 10.5. The Kier molecular flexibility index (Phi) is 5.10. The van der Waals surface area contributed by atoms with Crippen LogP contribution in [0.5, 0.6) is 0 Å². The Labute approximate surface area is 102 Å². The second kappa shape index (κ2) is 6.13. The lowest BCUT2D eigenvalue weighted by atomic mass is 10.4. The number of rotatable bonds is 7. The average molecular weight is 260 g/mol. The molecule has 0 saturated heterocycles. The molecule has 0 bridgehead atoms. The van der Waals surface area contributed by atoms with E-state index in [2.05, 4.69) is 15.0 Å². The molecule has 1 unspecified atom stereocenters. The Morgan fingerprint density at radius 1 is 1.53 bits per heavy atom. The maximum absolute atomic E-state index is 11.8. The van der Waals surface area contributed by atoms with Crippen LogP contribution in [0.25, 0.3) is 0 Å². The monoisotopic (exact) mass is 260 g/mol. The smallest absolute Gasteiger partial charge is 0.215 e. The Hall–Kier alpha value is -0.920. The van der Waals surface area contributed by atoms with Crippen LogP contribution in [-0.4, -0.2) is 43.4 Å². The fourth-order valence-corrected chi connectivity index (χ4v) is 2.54. The molecule has 6 nitrogen and oxygen atoms in total. The minimum absolute atomic E-state index is 0.376. The number of sulfonamides is 1. The Balaban J connectivity index is 2.43. The summed E-state index contributed by atoms with van der Waals surface area (Å²) in [6.45, 7) is 2.50. The van der Waals surface area contributed by atoms with E-state index in [4.69, 9.17) is 0 Å². The SMILES string of the molecule is CNCC(C)S(=O)(=O)NCCc1nccn1C. The molecule has 0 aliphatic heterocycles. The van der Waals surface area contributed by atoms with E-state index in [-0.39, 0.29) is 0 Å². The summed E-state index contributed by atoms with van der Waals surface area (Å²) >= 11 is 0. The summed E-state index contributed by atoms with van der Waals surface area (Å²) in [5.74, 6) is 0.869. The average Bonchev–Trinajstić information content (AvgIpc) is 2.65. The molecule has 0 radical (unpaired) electrons. The highest BCUT2D eigenvalue weighted by atomic mass is 32.2. The number of hydrogen-bond acceptors (Lipinski definition) is 4. The highest BCUT2D eigenvalue weighted by molar-refractivity contribution is 7.90. The number of nitrogens with one attached hydrogen (secondary N) is 2. The van der Waals surface area contributed by atoms with E-state index >= 15 is 0 Å². The molecule has 7 heteroatoms. The molecular weight excluding hydrogens is 240 g/mol. The zero-order valence-corrected chi connectivity index (χ0v) is 11.3. The van der Waals surface area contributed by atoms with Gasteiger partial charge in [-0.1, -0.05) is 0 Å². The van der Waals surface area contributed by atoms with Crippen molar-refractivity contribution in [3.8, 4) is 0 Å². The molecule has 0 aromatic carbocycles. The second-order valence-electron chi connectivity index (χ2n) is 4.01. The van der Waals surface area contributed by atoms with Crippen molar-refractivity contribution in [1.29, 1.82) is 0 Å². The molecule has 1 rings (SSSR count). The van der Waals surface area contributed by atoms with Crippen molar-refractivity contribution in [3.63, 3.8) is 0 Å². The van der Waals surface area contributed by atoms with Crippen LogP contribution in [0.2, 0.25) is 0 Å². The van der Waals surface area contributed by atoms with Crippen molar-refractivity contribution in [2.24, 2.45) is 7.05 Å². The number of hydrogen-bond donors (Lipinski definition) is 2. The Morgan fingerprint density at radius 2 is 2.24 bits per heavy atom. The molecule has 0 saturated carbocycles. The first-order valence-electron chi connectivity index (χ1n) is 5.56. The zero-order chi connectivity index (χ0) is 12.9. The van der Waals surface area contributed by atoms with Crippen LogP contribution in [0.3, 0.4) is 0 Å². The van der Waals surface area contributed by atoms with Crippen LogP contribution in [0.15, 0.2) is 12.4 Å². The quantitative estimate of drug-likeness (QED) is 0.692. The van der Waals surface area contributed by atoms with Gasteiger partial charge in [0.05, 0.1) is 5.25 Å². The Morgan fingerprint density at radius 3 is 2.76 bits per heavy atom. The summed E-state index contributed by atoms with van der Waals surface area (Å²) in [7, 11) is 0.387. The molecular formula is C10H20N4O2S. The topological polar surface area (TPSA) is 76.0 Å². The largest absolute Gasteiger partial charge is 0.338 e. The predicted octanol–water partition coefficient (Wildman–Crippen LogP) is -0.510. The summed E-state index contributed by atoms with van der Waals surface area (Å²) < 4.78 is 28.0. The predicted molar refractivity (Wildman–Crippen MR) is 67.2 cm³/mol. The maximum Gasteiger partial charge on any atom is 0.215 e. The van der Waals surface area contributed by atoms with E-state index in [1.165, 1.54) is 0 Å². The molecule has 1 aromatic heterocycles. The molecule has 2 N–H and O–H groups in total. The van der Waals surface area contributed by atoms with Crippen molar-refractivity contribution in [2.45, 2.75) is 18.6 Å². The van der Waals surface area contributed by atoms with Gasteiger partial charge in [0.2, 0.25) is 10.0 Å². The molecule has 0 aliphatic rings. The van der Waals surface area contributed by atoms with Gasteiger partial charge in [0.1, 0.15) is 5.82 Å². The molecule has 1 heterocycles.